The number of carbonyl (C=O) groups excluding carboxylic acids is 2. The van der Waals surface area contributed by atoms with E-state index < -0.39 is 16.8 Å². The van der Waals surface area contributed by atoms with Crippen molar-refractivity contribution in [1.29, 1.82) is 0 Å². The molecule has 11 heteroatoms. The third-order valence-electron chi connectivity index (χ3n) is 6.59. The van der Waals surface area contributed by atoms with E-state index in [9.17, 15) is 24.7 Å². The number of nitrogens with zero attached hydrogens (tertiary/aromatic N) is 1. The van der Waals surface area contributed by atoms with Crippen LogP contribution in [-0.4, -0.2) is 57.2 Å². The SMILES string of the molecule is Cc1c(C)c2c(c(C)c1OC(C)(COc1ccc(CC3SC(=O)NC3=O)cc1)C(=O)O)C(=NO)CCO2. The molecule has 2 amide bonds. The van der Waals surface area contributed by atoms with Crippen LogP contribution in [0, 0.1) is 20.8 Å². The Kier molecular flexibility index (Phi) is 7.35. The number of hydrogen-bond acceptors (Lipinski definition) is 9. The Labute approximate surface area is 218 Å². The molecule has 4 rings (SSSR count). The average Bonchev–Trinajstić information content (AvgIpc) is 3.20. The number of carbonyl (C=O) groups is 3. The second-order valence-corrected chi connectivity index (χ2v) is 10.4. The molecule has 1 fully saturated rings. The Morgan fingerprint density at radius 1 is 1.19 bits per heavy atom. The molecule has 0 saturated carbocycles. The van der Waals surface area contributed by atoms with E-state index in [2.05, 4.69) is 10.5 Å². The maximum atomic E-state index is 12.3. The van der Waals surface area contributed by atoms with Crippen molar-refractivity contribution in [3.8, 4) is 17.2 Å². The molecule has 37 heavy (non-hydrogen) atoms. The zero-order valence-corrected chi connectivity index (χ0v) is 21.7. The number of aliphatic carboxylic acids is 1. The average molecular weight is 529 g/mol. The number of amides is 2. The Hall–Kier alpha value is -3.73. The van der Waals surface area contributed by atoms with Crippen molar-refractivity contribution in [3.63, 3.8) is 0 Å². The lowest BCUT2D eigenvalue weighted by Gasteiger charge is -2.31. The van der Waals surface area contributed by atoms with Gasteiger partial charge in [0.05, 0.1) is 17.6 Å². The lowest BCUT2D eigenvalue weighted by molar-refractivity contribution is -0.156. The lowest BCUT2D eigenvalue weighted by atomic mass is 9.91. The lowest BCUT2D eigenvalue weighted by Crippen LogP contribution is -2.47. The molecule has 3 N–H and O–H groups in total. The third-order valence-corrected chi connectivity index (χ3v) is 7.57. The molecule has 0 radical (unpaired) electrons. The van der Waals surface area contributed by atoms with Crippen molar-refractivity contribution in [3.05, 3.63) is 52.1 Å². The molecule has 0 aromatic heterocycles. The van der Waals surface area contributed by atoms with Crippen LogP contribution >= 0.6 is 11.8 Å². The van der Waals surface area contributed by atoms with Gasteiger partial charge in [0.25, 0.3) is 5.24 Å². The zero-order chi connectivity index (χ0) is 26.9. The molecular weight excluding hydrogens is 500 g/mol. The molecule has 0 bridgehead atoms. The van der Waals surface area contributed by atoms with E-state index in [1.165, 1.54) is 6.92 Å². The molecule has 2 atom stereocenters. The number of oxime groups is 1. The predicted molar refractivity (Wildman–Crippen MR) is 136 cm³/mol. The summed E-state index contributed by atoms with van der Waals surface area (Å²) in [6.45, 7) is 6.98. The van der Waals surface area contributed by atoms with Crippen LogP contribution in [0.3, 0.4) is 0 Å². The zero-order valence-electron chi connectivity index (χ0n) is 20.9. The van der Waals surface area contributed by atoms with Gasteiger partial charge in [-0.1, -0.05) is 29.1 Å². The van der Waals surface area contributed by atoms with E-state index in [1.54, 1.807) is 31.2 Å². The van der Waals surface area contributed by atoms with Gasteiger partial charge >= 0.3 is 5.97 Å². The van der Waals surface area contributed by atoms with Crippen molar-refractivity contribution in [2.24, 2.45) is 5.16 Å². The van der Waals surface area contributed by atoms with Gasteiger partial charge in [0.15, 0.2) is 0 Å². The number of benzene rings is 2. The smallest absolute Gasteiger partial charge is 0.351 e. The summed E-state index contributed by atoms with van der Waals surface area (Å²) in [6.07, 6.45) is 0.805. The van der Waals surface area contributed by atoms with Crippen molar-refractivity contribution in [1.82, 2.24) is 5.32 Å². The number of ether oxygens (including phenoxy) is 3. The second-order valence-electron chi connectivity index (χ2n) is 9.21. The Morgan fingerprint density at radius 2 is 1.89 bits per heavy atom. The molecule has 2 aliphatic rings. The number of carboxylic acids is 1. The van der Waals surface area contributed by atoms with Crippen molar-refractivity contribution >= 4 is 34.6 Å². The fourth-order valence-electron chi connectivity index (χ4n) is 4.29. The van der Waals surface area contributed by atoms with Crippen LogP contribution in [0.4, 0.5) is 4.79 Å². The quantitative estimate of drug-likeness (QED) is 0.344. The van der Waals surface area contributed by atoms with Gasteiger partial charge < -0.3 is 24.5 Å². The van der Waals surface area contributed by atoms with E-state index in [4.69, 9.17) is 14.2 Å². The standard InChI is InChI=1S/C26H28N2O8S/c1-13-14(2)22-20(18(28-33)9-10-34-22)15(3)21(13)36-26(4,24(30)31)12-35-17-7-5-16(6-8-17)11-19-23(29)27-25(32)37-19/h5-8,19,33H,9-12H2,1-4H3,(H,30,31)(H,27,29,32). The number of fused-ring (bicyclic) bond motifs is 1. The molecule has 2 unspecified atom stereocenters. The molecule has 0 spiro atoms. The maximum Gasteiger partial charge on any atom is 0.351 e. The first-order valence-electron chi connectivity index (χ1n) is 11.7. The number of nitrogens with one attached hydrogen (secondary N) is 1. The van der Waals surface area contributed by atoms with Crippen molar-refractivity contribution < 1.29 is 38.9 Å². The van der Waals surface area contributed by atoms with Crippen LogP contribution in [0.1, 0.15) is 41.2 Å². The van der Waals surface area contributed by atoms with E-state index in [1.807, 2.05) is 13.8 Å². The van der Waals surface area contributed by atoms with Gasteiger partial charge in [0, 0.05) is 17.5 Å². The topological polar surface area (TPSA) is 144 Å². The van der Waals surface area contributed by atoms with Crippen LogP contribution in [0.5, 0.6) is 17.2 Å². The van der Waals surface area contributed by atoms with Gasteiger partial charge in [-0.2, -0.15) is 0 Å². The molecule has 2 aromatic rings. The van der Waals surface area contributed by atoms with Crippen molar-refractivity contribution in [2.45, 2.75) is 51.4 Å². The van der Waals surface area contributed by atoms with E-state index >= 15 is 0 Å². The third kappa shape index (κ3) is 5.22. The summed E-state index contributed by atoms with van der Waals surface area (Å²) >= 11 is 0.962. The van der Waals surface area contributed by atoms with Gasteiger partial charge in [0.1, 0.15) is 23.9 Å². The van der Waals surface area contributed by atoms with Crippen molar-refractivity contribution in [2.75, 3.05) is 13.2 Å². The maximum absolute atomic E-state index is 12.3. The summed E-state index contributed by atoms with van der Waals surface area (Å²) in [5.74, 6) is -0.116. The number of carboxylic acid groups (broad SMARTS) is 1. The van der Waals surface area contributed by atoms with Crippen LogP contribution in [0.25, 0.3) is 0 Å². The van der Waals surface area contributed by atoms with Gasteiger partial charge in [-0.05, 0) is 62.9 Å². The van der Waals surface area contributed by atoms with E-state index in [0.717, 1.165) is 28.5 Å². The molecule has 2 heterocycles. The first kappa shape index (κ1) is 26.3. The van der Waals surface area contributed by atoms with Gasteiger partial charge in [-0.15, -0.1) is 0 Å². The molecule has 2 aliphatic heterocycles. The van der Waals surface area contributed by atoms with E-state index in [-0.39, 0.29) is 17.8 Å². The first-order valence-corrected chi connectivity index (χ1v) is 12.6. The number of hydrogen-bond donors (Lipinski definition) is 3. The number of imide groups is 1. The molecular formula is C26H28N2O8S. The second kappa shape index (κ2) is 10.3. The molecule has 1 saturated heterocycles. The minimum Gasteiger partial charge on any atom is -0.492 e. The fourth-order valence-corrected chi connectivity index (χ4v) is 5.15. The van der Waals surface area contributed by atoms with Gasteiger partial charge in [0.2, 0.25) is 11.5 Å². The minimum absolute atomic E-state index is 0.288. The molecule has 2 aromatic carbocycles. The van der Waals surface area contributed by atoms with Crippen LogP contribution < -0.4 is 19.5 Å². The number of rotatable bonds is 8. The van der Waals surface area contributed by atoms with Crippen LogP contribution in [0.2, 0.25) is 0 Å². The highest BCUT2D eigenvalue weighted by atomic mass is 32.2. The largest absolute Gasteiger partial charge is 0.492 e. The van der Waals surface area contributed by atoms with Crippen LogP contribution in [0.15, 0.2) is 29.4 Å². The molecule has 10 nitrogen and oxygen atoms in total. The Bertz CT molecular complexity index is 1290. The predicted octanol–water partition coefficient (Wildman–Crippen LogP) is 3.77. The van der Waals surface area contributed by atoms with E-state index in [0.29, 0.717) is 53.5 Å². The summed E-state index contributed by atoms with van der Waals surface area (Å²) < 4.78 is 17.7. The van der Waals surface area contributed by atoms with Crippen LogP contribution in [-0.2, 0) is 16.0 Å². The summed E-state index contributed by atoms with van der Waals surface area (Å²) in [5.41, 5.74) is 2.28. The molecule has 196 valence electrons. The Balaban J connectivity index is 1.52. The highest BCUT2D eigenvalue weighted by Crippen LogP contribution is 2.41. The normalized spacial score (nSPS) is 19.6. The van der Waals surface area contributed by atoms with Gasteiger partial charge in [-0.3, -0.25) is 14.9 Å². The highest BCUT2D eigenvalue weighted by Gasteiger charge is 2.39. The summed E-state index contributed by atoms with van der Waals surface area (Å²) in [7, 11) is 0. The first-order chi connectivity index (χ1) is 17.5. The minimum atomic E-state index is -1.74. The Morgan fingerprint density at radius 3 is 2.49 bits per heavy atom. The summed E-state index contributed by atoms with van der Waals surface area (Å²) in [4.78, 5) is 35.5. The summed E-state index contributed by atoms with van der Waals surface area (Å²) in [6, 6.07) is 6.89. The molecule has 0 aliphatic carbocycles. The number of thioether (sulfide) groups is 1. The van der Waals surface area contributed by atoms with Gasteiger partial charge in [-0.25, -0.2) is 4.79 Å². The summed E-state index contributed by atoms with van der Waals surface area (Å²) in [5, 5.41) is 24.4. The highest BCUT2D eigenvalue weighted by molar-refractivity contribution is 8.15. The fraction of sp³-hybridized carbons (Fsp3) is 0.385. The monoisotopic (exact) mass is 528 g/mol.